The average molecular weight is 1410 g/mol. The molecule has 0 spiro atoms. The van der Waals surface area contributed by atoms with Gasteiger partial charge in [0.1, 0.15) is 5.60 Å². The first-order valence-electron chi connectivity index (χ1n) is 36.1. The molecule has 9 nitrogen and oxygen atoms in total. The minimum atomic E-state index is -1.58. The van der Waals surface area contributed by atoms with Crippen molar-refractivity contribution < 1.29 is 15.0 Å². The lowest BCUT2D eigenvalue weighted by molar-refractivity contribution is -0.134. The molecule has 6 aromatic heterocycles. The molecule has 0 radical (unpaired) electrons. The van der Waals surface area contributed by atoms with E-state index in [9.17, 15) is 5.11 Å². The minimum absolute atomic E-state index is 0. The van der Waals surface area contributed by atoms with Gasteiger partial charge in [0.15, 0.2) is 0 Å². The first-order valence-corrected chi connectivity index (χ1v) is 36.1. The molecule has 1 aliphatic rings. The predicted molar refractivity (Wildman–Crippen MR) is 444 cm³/mol. The van der Waals surface area contributed by atoms with Crippen molar-refractivity contribution in [1.82, 2.24) is 28.2 Å². The number of aliphatic carboxylic acids is 1. The van der Waals surface area contributed by atoms with Crippen molar-refractivity contribution in [1.29, 1.82) is 0 Å². The van der Waals surface area contributed by atoms with Crippen LogP contribution in [0.4, 0.5) is 0 Å². The van der Waals surface area contributed by atoms with E-state index in [1.54, 1.807) is 6.20 Å². The molecule has 20 aromatic rings. The molecule has 0 fully saturated rings. The summed E-state index contributed by atoms with van der Waals surface area (Å²) in [5.41, 5.74) is 22.2. The molecule has 0 saturated heterocycles. The highest BCUT2D eigenvalue weighted by Gasteiger charge is 2.47. The molecule has 1 aliphatic carbocycles. The van der Waals surface area contributed by atoms with Gasteiger partial charge in [-0.3, -0.25) is 14.8 Å². The van der Waals surface area contributed by atoms with Crippen LogP contribution < -0.4 is 0 Å². The number of pyridine rings is 2. The summed E-state index contributed by atoms with van der Waals surface area (Å²) in [6.45, 7) is 1.08. The Bertz CT molecular complexity index is 6300. The molecule has 0 aliphatic heterocycles. The third-order valence-electron chi connectivity index (χ3n) is 21.5. The van der Waals surface area contributed by atoms with E-state index in [1.807, 2.05) is 48.7 Å². The van der Waals surface area contributed by atoms with E-state index in [2.05, 4.69) is 346 Å². The Labute approximate surface area is 629 Å². The fraction of sp³-hybridized carbons (Fsp3) is 0.0306. The van der Waals surface area contributed by atoms with Crippen molar-refractivity contribution in [3.05, 3.63) is 421 Å². The van der Waals surface area contributed by atoms with Crippen LogP contribution in [0.5, 0.6) is 0 Å². The SMILES string of the molecule is CC(=O)O.Cl.OC(c1cccc(-n2c3ccccc3c3ccccc32)c1)(c1cccc(-n2c3ccccc3c3ccccc32)c1)c1cccnc1-c1ccccc1.c1cc(-n2c3ccccc3c3ccccc32)cc(C2(c3cccc(-n4c5ccccc5c5ccccc54)c3)c3ccccc3-c3ncccc32)c1. The van der Waals surface area contributed by atoms with Gasteiger partial charge < -0.3 is 28.5 Å². The van der Waals surface area contributed by atoms with Crippen LogP contribution in [0, 0.1) is 0 Å². The molecule has 0 atom stereocenters. The second kappa shape index (κ2) is 27.1. The summed E-state index contributed by atoms with van der Waals surface area (Å²) < 4.78 is 9.43. The van der Waals surface area contributed by atoms with Crippen LogP contribution in [0.25, 0.3) is 132 Å². The summed E-state index contributed by atoms with van der Waals surface area (Å²) in [6, 6.07) is 131. The molecule has 10 heteroatoms. The molecule has 21 rings (SSSR count). The zero-order valence-corrected chi connectivity index (χ0v) is 59.6. The Hall–Kier alpha value is -13.7. The number of carboxylic acid groups (broad SMARTS) is 1. The molecule has 108 heavy (non-hydrogen) atoms. The summed E-state index contributed by atoms with van der Waals surface area (Å²) in [7, 11) is 0. The number of fused-ring (bicyclic) bond motifs is 15. The summed E-state index contributed by atoms with van der Waals surface area (Å²) in [6.07, 6.45) is 3.73. The van der Waals surface area contributed by atoms with Crippen molar-refractivity contribution in [2.45, 2.75) is 17.9 Å². The second-order valence-electron chi connectivity index (χ2n) is 27.4. The number of hydrogen-bond acceptors (Lipinski definition) is 4. The van der Waals surface area contributed by atoms with Gasteiger partial charge in [0.05, 0.1) is 60.9 Å². The van der Waals surface area contributed by atoms with Crippen LogP contribution in [0.3, 0.4) is 0 Å². The van der Waals surface area contributed by atoms with Crippen LogP contribution >= 0.6 is 12.4 Å². The quantitative estimate of drug-likeness (QED) is 0.142. The number of carboxylic acids is 1. The Morgan fingerprint density at radius 3 is 0.991 bits per heavy atom. The Balaban J connectivity index is 0.000000144. The number of benzene rings is 14. The lowest BCUT2D eigenvalue weighted by Crippen LogP contribution is -2.30. The second-order valence-corrected chi connectivity index (χ2v) is 27.4. The van der Waals surface area contributed by atoms with E-state index in [-0.39, 0.29) is 12.4 Å². The molecule has 0 amide bonds. The minimum Gasteiger partial charge on any atom is -0.481 e. The molecule has 0 unspecified atom stereocenters. The number of aliphatic hydroxyl groups is 1. The number of rotatable bonds is 10. The smallest absolute Gasteiger partial charge is 0.300 e. The van der Waals surface area contributed by atoms with Gasteiger partial charge in [0.25, 0.3) is 5.97 Å². The molecular formula is C98H69ClN6O3. The third-order valence-corrected chi connectivity index (χ3v) is 21.5. The summed E-state index contributed by atoms with van der Waals surface area (Å²) >= 11 is 0. The van der Waals surface area contributed by atoms with E-state index in [0.717, 1.165) is 79.8 Å². The Morgan fingerprint density at radius 2 is 0.611 bits per heavy atom. The fourth-order valence-electron chi connectivity index (χ4n) is 17.2. The standard InChI is InChI=1S/C48H33N3O.C48H31N3.C2H4O2.ClH/c52-48(42-25-14-30-49-47(42)33-15-2-1-3-16-33,34-17-12-19-36(31-34)50-43-26-8-4-21-38(43)39-22-5-9-27-44(39)50)35-18-13-20-37(32-35)51-45-28-10-6-23-40(45)41-24-7-11-29-46(41)51;1-6-23-41-40(22-1)47-42(24-13-29-49-47)48(41,32-14-11-16-34(30-32)50-43-25-7-2-18-36(43)37-19-3-8-26-44(37)50)33-15-12-17-35(31-33)51-45-27-9-4-20-38(45)39-21-5-10-28-46(39)51;1-2(3)4;/h1-32,52H;1-31H;1H3,(H,3,4);1H. The first kappa shape index (κ1) is 66.3. The highest BCUT2D eigenvalue weighted by molar-refractivity contribution is 6.12. The number of halogens is 1. The van der Waals surface area contributed by atoms with Crippen LogP contribution in [0.15, 0.2) is 382 Å². The number of hydrogen-bond donors (Lipinski definition) is 2. The zero-order valence-electron chi connectivity index (χ0n) is 58.8. The van der Waals surface area contributed by atoms with Gasteiger partial charge >= 0.3 is 0 Å². The predicted octanol–water partition coefficient (Wildman–Crippen LogP) is 23.4. The van der Waals surface area contributed by atoms with Gasteiger partial charge in [0.2, 0.25) is 0 Å². The van der Waals surface area contributed by atoms with Gasteiger partial charge in [-0.15, -0.1) is 12.4 Å². The van der Waals surface area contributed by atoms with E-state index in [4.69, 9.17) is 19.9 Å². The van der Waals surface area contributed by atoms with Crippen molar-refractivity contribution in [2.24, 2.45) is 0 Å². The molecule has 0 bridgehead atoms. The molecule has 516 valence electrons. The van der Waals surface area contributed by atoms with Crippen LogP contribution in [0.1, 0.15) is 45.9 Å². The average Bonchev–Trinajstić information content (AvgIpc) is 1.52. The number of nitrogens with zero attached hydrogens (tertiary/aromatic N) is 6. The zero-order chi connectivity index (χ0) is 71.7. The maximum absolute atomic E-state index is 13.7. The van der Waals surface area contributed by atoms with E-state index >= 15 is 0 Å². The normalized spacial score (nSPS) is 12.2. The van der Waals surface area contributed by atoms with E-state index in [0.29, 0.717) is 5.56 Å². The molecular weight excluding hydrogens is 1340 g/mol. The van der Waals surface area contributed by atoms with Crippen LogP contribution in [-0.4, -0.2) is 44.4 Å². The monoisotopic (exact) mass is 1410 g/mol. The lowest BCUT2D eigenvalue weighted by Gasteiger charge is -2.34. The van der Waals surface area contributed by atoms with Gasteiger partial charge in [-0.2, -0.15) is 0 Å². The summed E-state index contributed by atoms with van der Waals surface area (Å²) in [5, 5.41) is 30.9. The Kier molecular flexibility index (Phi) is 16.6. The lowest BCUT2D eigenvalue weighted by atomic mass is 9.67. The topological polar surface area (TPSA) is 103 Å². The van der Waals surface area contributed by atoms with Gasteiger partial charge in [0, 0.05) is 102 Å². The van der Waals surface area contributed by atoms with Gasteiger partial charge in [-0.05, 0) is 143 Å². The molecule has 0 saturated carbocycles. The maximum Gasteiger partial charge on any atom is 0.300 e. The van der Waals surface area contributed by atoms with Gasteiger partial charge in [-0.25, -0.2) is 0 Å². The number of para-hydroxylation sites is 8. The highest BCUT2D eigenvalue weighted by Crippen LogP contribution is 2.56. The van der Waals surface area contributed by atoms with E-state index in [1.165, 1.54) is 93.0 Å². The van der Waals surface area contributed by atoms with Crippen LogP contribution in [-0.2, 0) is 15.8 Å². The van der Waals surface area contributed by atoms with Gasteiger partial charge in [-0.1, -0.05) is 261 Å². The fourth-order valence-corrected chi connectivity index (χ4v) is 17.2. The van der Waals surface area contributed by atoms with E-state index < -0.39 is 17.0 Å². The molecule has 2 N–H and O–H groups in total. The first-order chi connectivity index (χ1) is 52.7. The van der Waals surface area contributed by atoms with Crippen molar-refractivity contribution >= 4 is 106 Å². The number of carbonyl (C=O) groups is 1. The molecule has 14 aromatic carbocycles. The number of aromatic nitrogens is 6. The highest BCUT2D eigenvalue weighted by atomic mass is 35.5. The third kappa shape index (κ3) is 10.6. The Morgan fingerprint density at radius 1 is 0.315 bits per heavy atom. The molecule has 6 heterocycles. The van der Waals surface area contributed by atoms with Crippen molar-refractivity contribution in [3.63, 3.8) is 0 Å². The largest absolute Gasteiger partial charge is 0.481 e. The summed E-state index contributed by atoms with van der Waals surface area (Å²) in [4.78, 5) is 18.9. The summed E-state index contributed by atoms with van der Waals surface area (Å²) in [5.74, 6) is -0.833. The maximum atomic E-state index is 13.7. The van der Waals surface area contributed by atoms with Crippen LogP contribution in [0.2, 0.25) is 0 Å². The van der Waals surface area contributed by atoms with Crippen molar-refractivity contribution in [2.75, 3.05) is 0 Å². The van der Waals surface area contributed by atoms with Crippen molar-refractivity contribution in [3.8, 4) is 45.3 Å².